The fourth-order valence-electron chi connectivity index (χ4n) is 0.815. The van der Waals surface area contributed by atoms with Crippen LogP contribution in [0.15, 0.2) is 20.3 Å². The van der Waals surface area contributed by atoms with Crippen LogP contribution in [0.25, 0.3) is 0 Å². The minimum absolute atomic E-state index is 0.296. The van der Waals surface area contributed by atoms with Gasteiger partial charge in [-0.2, -0.15) is 4.40 Å². The highest BCUT2D eigenvalue weighted by Crippen LogP contribution is 2.23. The molecule has 0 fully saturated rings. The van der Waals surface area contributed by atoms with Crippen molar-refractivity contribution in [3.8, 4) is 0 Å². The molecule has 0 aromatic carbocycles. The van der Waals surface area contributed by atoms with Gasteiger partial charge in [-0.25, -0.2) is 4.21 Å². The van der Waals surface area contributed by atoms with Crippen molar-refractivity contribution in [2.24, 2.45) is 4.40 Å². The van der Waals surface area contributed by atoms with Gasteiger partial charge in [0.1, 0.15) is 11.0 Å². The van der Waals surface area contributed by atoms with Crippen LogP contribution in [0.5, 0.6) is 0 Å². The fourth-order valence-corrected chi connectivity index (χ4v) is 2.82. The second kappa shape index (κ2) is 4.89. The molecule has 1 aromatic heterocycles. The van der Waals surface area contributed by atoms with Gasteiger partial charge in [-0.3, -0.25) is 0 Å². The zero-order chi connectivity index (χ0) is 11.6. The lowest BCUT2D eigenvalue weighted by atomic mass is 10.3. The van der Waals surface area contributed by atoms with Crippen LogP contribution in [-0.4, -0.2) is 14.7 Å². The molecular formula is C10H14BrNOS2. The summed E-state index contributed by atoms with van der Waals surface area (Å²) in [5.41, 5.74) is 0.832. The maximum Gasteiger partial charge on any atom is 0.145 e. The number of thiophene rings is 1. The van der Waals surface area contributed by atoms with Crippen LogP contribution in [0.4, 0.5) is 0 Å². The lowest BCUT2D eigenvalue weighted by Gasteiger charge is -2.13. The smallest absolute Gasteiger partial charge is 0.145 e. The monoisotopic (exact) mass is 307 g/mol. The Morgan fingerprint density at radius 3 is 2.47 bits per heavy atom. The Bertz CT molecular complexity index is 404. The predicted molar refractivity (Wildman–Crippen MR) is 72.1 cm³/mol. The molecule has 1 atom stereocenters. The van der Waals surface area contributed by atoms with Crippen LogP contribution in [0.3, 0.4) is 0 Å². The average molecular weight is 308 g/mol. The summed E-state index contributed by atoms with van der Waals surface area (Å²) < 4.78 is 16.7. The van der Waals surface area contributed by atoms with Gasteiger partial charge >= 0.3 is 0 Å². The molecule has 2 nitrogen and oxygen atoms in total. The van der Waals surface area contributed by atoms with Gasteiger partial charge in [-0.15, -0.1) is 11.3 Å². The van der Waals surface area contributed by atoms with E-state index in [9.17, 15) is 4.21 Å². The van der Waals surface area contributed by atoms with Crippen LogP contribution >= 0.6 is 27.3 Å². The van der Waals surface area contributed by atoms with E-state index < -0.39 is 11.0 Å². The first-order chi connectivity index (χ1) is 6.80. The Morgan fingerprint density at radius 2 is 2.07 bits per heavy atom. The maximum atomic E-state index is 11.8. The molecule has 0 aliphatic heterocycles. The summed E-state index contributed by atoms with van der Waals surface area (Å²) in [5.74, 6) is 0. The van der Waals surface area contributed by atoms with E-state index in [2.05, 4.69) is 20.3 Å². The molecule has 0 amide bonds. The molecule has 5 heteroatoms. The molecule has 0 aliphatic rings. The highest BCUT2D eigenvalue weighted by Gasteiger charge is 2.19. The van der Waals surface area contributed by atoms with Crippen molar-refractivity contribution in [3.63, 3.8) is 0 Å². The first kappa shape index (κ1) is 13.1. The molecule has 0 spiro atoms. The Labute approximate surface area is 106 Å². The van der Waals surface area contributed by atoms with E-state index in [-0.39, 0.29) is 4.75 Å². The topological polar surface area (TPSA) is 29.4 Å². The summed E-state index contributed by atoms with van der Waals surface area (Å²) in [5, 5.41) is 0. The van der Waals surface area contributed by atoms with Crippen molar-refractivity contribution in [1.29, 1.82) is 0 Å². The lowest BCUT2D eigenvalue weighted by Crippen LogP contribution is -2.20. The van der Waals surface area contributed by atoms with Crippen molar-refractivity contribution in [2.75, 3.05) is 0 Å². The van der Waals surface area contributed by atoms with E-state index in [1.807, 2.05) is 39.8 Å². The molecular weight excluding hydrogens is 294 g/mol. The van der Waals surface area contributed by atoms with Gasteiger partial charge in [-0.1, -0.05) is 0 Å². The number of halogens is 1. The minimum Gasteiger partial charge on any atom is -0.234 e. The van der Waals surface area contributed by atoms with Crippen LogP contribution in [-0.2, 0) is 11.0 Å². The van der Waals surface area contributed by atoms with Gasteiger partial charge in [0, 0.05) is 0 Å². The first-order valence-corrected chi connectivity index (χ1v) is 7.25. The highest BCUT2D eigenvalue weighted by molar-refractivity contribution is 9.11. The second-order valence-corrected chi connectivity index (χ2v) is 8.51. The van der Waals surface area contributed by atoms with E-state index in [1.165, 1.54) is 0 Å². The number of hydrogen-bond acceptors (Lipinski definition) is 2. The summed E-state index contributed by atoms with van der Waals surface area (Å²) in [4.78, 5) is 1.06. The van der Waals surface area contributed by atoms with E-state index in [4.69, 9.17) is 0 Å². The molecule has 0 saturated heterocycles. The maximum absolute atomic E-state index is 11.8. The van der Waals surface area contributed by atoms with Gasteiger partial charge in [0.15, 0.2) is 0 Å². The first-order valence-electron chi connectivity index (χ1n) is 4.53. The third kappa shape index (κ3) is 3.81. The fraction of sp³-hybridized carbons (Fsp3) is 0.500. The summed E-state index contributed by atoms with van der Waals surface area (Å²) >= 11 is 4.99. The van der Waals surface area contributed by atoms with Crippen molar-refractivity contribution in [1.82, 2.24) is 0 Å². The van der Waals surface area contributed by atoms with Gasteiger partial charge in [0.25, 0.3) is 0 Å². The Hall–Kier alpha value is -0.0000000000000000833. The van der Waals surface area contributed by atoms with Crippen molar-refractivity contribution in [2.45, 2.75) is 32.4 Å². The molecule has 0 aliphatic carbocycles. The normalized spacial score (nSPS) is 15.4. The molecule has 0 radical (unpaired) electrons. The van der Waals surface area contributed by atoms with E-state index in [1.54, 1.807) is 11.3 Å². The third-order valence-electron chi connectivity index (χ3n) is 1.67. The van der Waals surface area contributed by atoms with Crippen molar-refractivity contribution >= 4 is 44.0 Å². The van der Waals surface area contributed by atoms with Crippen LogP contribution in [0, 0.1) is 0 Å². The number of rotatable bonds is 2. The Balaban J connectivity index is 2.90. The van der Waals surface area contributed by atoms with Crippen LogP contribution in [0.1, 0.15) is 32.6 Å². The zero-order valence-corrected chi connectivity index (χ0v) is 12.4. The molecule has 1 rings (SSSR count). The average Bonchev–Trinajstić information content (AvgIpc) is 2.50. The van der Waals surface area contributed by atoms with E-state index >= 15 is 0 Å². The van der Waals surface area contributed by atoms with Crippen LogP contribution in [0.2, 0.25) is 0 Å². The summed E-state index contributed by atoms with van der Waals surface area (Å²) in [6.45, 7) is 7.65. The Kier molecular flexibility index (Phi) is 4.26. The molecule has 1 aromatic rings. The molecule has 0 N–H and O–H groups in total. The van der Waals surface area contributed by atoms with E-state index in [0.29, 0.717) is 0 Å². The summed E-state index contributed by atoms with van der Waals surface area (Å²) in [7, 11) is -1.18. The van der Waals surface area contributed by atoms with Gasteiger partial charge in [0.05, 0.1) is 19.1 Å². The summed E-state index contributed by atoms with van der Waals surface area (Å²) in [6, 6.07) is 3.95. The van der Waals surface area contributed by atoms with Crippen molar-refractivity contribution < 1.29 is 4.21 Å². The molecule has 84 valence electrons. The lowest BCUT2D eigenvalue weighted by molar-refractivity contribution is 0.650. The molecule has 0 bridgehead atoms. The molecule has 1 heterocycles. The zero-order valence-electron chi connectivity index (χ0n) is 9.20. The molecule has 0 saturated carbocycles. The Morgan fingerprint density at radius 1 is 1.47 bits per heavy atom. The van der Waals surface area contributed by atoms with Crippen molar-refractivity contribution in [3.05, 3.63) is 20.8 Å². The van der Waals surface area contributed by atoms with E-state index in [0.717, 1.165) is 14.4 Å². The largest absolute Gasteiger partial charge is 0.234 e. The second-order valence-electron chi connectivity index (χ2n) is 4.14. The third-order valence-corrected chi connectivity index (χ3v) is 4.89. The number of nitrogens with zero attached hydrogens (tertiary/aromatic N) is 1. The summed E-state index contributed by atoms with van der Waals surface area (Å²) in [6.07, 6.45) is 0. The standard InChI is InChI=1S/C10H14BrNOS2/c1-7(8-5-6-9(11)14-8)12-15(13)10(2,3)4/h5-6H,1-4H3/b12-7-. The molecule has 1 unspecified atom stereocenters. The SMILES string of the molecule is C/C(=N/S(=O)C(C)(C)C)c1ccc(Br)s1. The number of hydrogen-bond donors (Lipinski definition) is 0. The minimum atomic E-state index is -1.18. The van der Waals surface area contributed by atoms with Gasteiger partial charge in [0.2, 0.25) is 0 Å². The van der Waals surface area contributed by atoms with Gasteiger partial charge < -0.3 is 0 Å². The van der Waals surface area contributed by atoms with Gasteiger partial charge in [-0.05, 0) is 55.8 Å². The highest BCUT2D eigenvalue weighted by atomic mass is 79.9. The molecule has 15 heavy (non-hydrogen) atoms. The van der Waals surface area contributed by atoms with Crippen LogP contribution < -0.4 is 0 Å². The quantitative estimate of drug-likeness (QED) is 0.765. The predicted octanol–water partition coefficient (Wildman–Crippen LogP) is 3.78.